The van der Waals surface area contributed by atoms with Crippen molar-refractivity contribution in [2.75, 3.05) is 18.0 Å². The smallest absolute Gasteiger partial charge is 0.228 e. The number of aromatic nitrogens is 6. The van der Waals surface area contributed by atoms with E-state index in [0.717, 1.165) is 24.5 Å². The Hall–Kier alpha value is -3.40. The summed E-state index contributed by atoms with van der Waals surface area (Å²) < 4.78 is 36.2. The molecule has 3 aromatic heterocycles. The van der Waals surface area contributed by atoms with Crippen LogP contribution >= 0.6 is 0 Å². The van der Waals surface area contributed by atoms with Crippen molar-refractivity contribution in [3.8, 4) is 11.3 Å². The van der Waals surface area contributed by atoms with Gasteiger partial charge in [-0.2, -0.15) is 15.2 Å². The molecule has 1 saturated carbocycles. The number of fused-ring (bicyclic) bond motifs is 1. The third kappa shape index (κ3) is 3.40. The van der Waals surface area contributed by atoms with Crippen molar-refractivity contribution >= 4 is 17.0 Å². The number of H-pyrrole nitrogens is 1. The summed E-state index contributed by atoms with van der Waals surface area (Å²) in [5.74, 6) is -0.881. The fourth-order valence-corrected chi connectivity index (χ4v) is 4.21. The SMILES string of the molecule is C[C@@H]1CN(c2nc(-c3ccc(F)cc3F)c3cn[nH]c3n2)C[C@H](c2cnn(C3CC3)c2)O1. The van der Waals surface area contributed by atoms with E-state index in [9.17, 15) is 8.78 Å². The Morgan fingerprint density at radius 3 is 2.81 bits per heavy atom. The first-order valence-electron chi connectivity index (χ1n) is 10.7. The van der Waals surface area contributed by atoms with Gasteiger partial charge in [-0.05, 0) is 31.9 Å². The Morgan fingerprint density at radius 1 is 1.12 bits per heavy atom. The molecule has 6 rings (SSSR count). The maximum Gasteiger partial charge on any atom is 0.228 e. The lowest BCUT2D eigenvalue weighted by Gasteiger charge is -2.36. The Balaban J connectivity index is 1.37. The summed E-state index contributed by atoms with van der Waals surface area (Å²) in [7, 11) is 0. The summed E-state index contributed by atoms with van der Waals surface area (Å²) in [6.45, 7) is 3.11. The molecule has 0 amide bonds. The number of anilines is 1. The molecule has 1 N–H and O–H groups in total. The van der Waals surface area contributed by atoms with Crippen molar-refractivity contribution in [2.24, 2.45) is 0 Å². The molecule has 1 aliphatic carbocycles. The number of ether oxygens (including phenoxy) is 1. The maximum atomic E-state index is 14.6. The quantitative estimate of drug-likeness (QED) is 0.523. The molecule has 0 radical (unpaired) electrons. The molecule has 32 heavy (non-hydrogen) atoms. The van der Waals surface area contributed by atoms with E-state index < -0.39 is 11.6 Å². The molecular weight excluding hydrogens is 416 g/mol. The third-order valence-electron chi connectivity index (χ3n) is 5.94. The van der Waals surface area contributed by atoms with Crippen LogP contribution < -0.4 is 4.90 Å². The lowest BCUT2D eigenvalue weighted by molar-refractivity contribution is -0.0178. The highest BCUT2D eigenvalue weighted by Gasteiger charge is 2.31. The van der Waals surface area contributed by atoms with Crippen molar-refractivity contribution in [3.05, 3.63) is 54.0 Å². The second kappa shape index (κ2) is 7.33. The van der Waals surface area contributed by atoms with Gasteiger partial charge in [-0.3, -0.25) is 9.78 Å². The Kier molecular flexibility index (Phi) is 4.42. The van der Waals surface area contributed by atoms with Crippen molar-refractivity contribution in [1.82, 2.24) is 29.9 Å². The number of halogens is 2. The van der Waals surface area contributed by atoms with Crippen LogP contribution in [0.5, 0.6) is 0 Å². The van der Waals surface area contributed by atoms with Gasteiger partial charge in [0.05, 0.1) is 42.2 Å². The lowest BCUT2D eigenvalue weighted by Crippen LogP contribution is -2.43. The Labute approximate surface area is 182 Å². The largest absolute Gasteiger partial charge is 0.367 e. The van der Waals surface area contributed by atoms with E-state index in [0.29, 0.717) is 41.8 Å². The fourth-order valence-electron chi connectivity index (χ4n) is 4.21. The van der Waals surface area contributed by atoms with Gasteiger partial charge in [0.2, 0.25) is 5.95 Å². The standard InChI is InChI=1S/C22H21F2N7O/c1-12-9-30(11-19(32-12)13-7-26-31(10-13)15-3-4-15)22-27-20(17-8-25-29-21(17)28-22)16-5-2-14(23)6-18(16)24/h2,5-8,10,12,15,19H,3-4,9,11H2,1H3,(H,25,27,28,29)/t12-,19-/m1/s1. The van der Waals surface area contributed by atoms with Crippen molar-refractivity contribution < 1.29 is 13.5 Å². The number of morpholine rings is 1. The number of hydrogen-bond acceptors (Lipinski definition) is 6. The molecule has 0 unspecified atom stereocenters. The molecule has 2 aliphatic rings. The summed E-state index contributed by atoms with van der Waals surface area (Å²) in [6, 6.07) is 3.96. The number of nitrogens with zero attached hydrogens (tertiary/aromatic N) is 6. The topological polar surface area (TPSA) is 84.8 Å². The first-order chi connectivity index (χ1) is 15.5. The van der Waals surface area contributed by atoms with Gasteiger partial charge in [-0.25, -0.2) is 13.8 Å². The van der Waals surface area contributed by atoms with Gasteiger partial charge in [-0.1, -0.05) is 0 Å². The Morgan fingerprint density at radius 2 is 2.00 bits per heavy atom. The molecule has 10 heteroatoms. The monoisotopic (exact) mass is 437 g/mol. The zero-order chi connectivity index (χ0) is 21.8. The van der Waals surface area contributed by atoms with E-state index in [2.05, 4.69) is 31.5 Å². The zero-order valence-electron chi connectivity index (χ0n) is 17.4. The van der Waals surface area contributed by atoms with Crippen LogP contribution in [0.15, 0.2) is 36.8 Å². The van der Waals surface area contributed by atoms with E-state index in [1.807, 2.05) is 22.7 Å². The average molecular weight is 437 g/mol. The summed E-state index contributed by atoms with van der Waals surface area (Å²) in [5.41, 5.74) is 2.07. The highest BCUT2D eigenvalue weighted by Crippen LogP contribution is 2.36. The van der Waals surface area contributed by atoms with E-state index in [-0.39, 0.29) is 17.8 Å². The second-order valence-electron chi connectivity index (χ2n) is 8.45. The molecular formula is C22H21F2N7O. The lowest BCUT2D eigenvalue weighted by atomic mass is 10.1. The van der Waals surface area contributed by atoms with Crippen molar-refractivity contribution in [2.45, 2.75) is 38.0 Å². The molecule has 1 saturated heterocycles. The van der Waals surface area contributed by atoms with E-state index in [1.165, 1.54) is 12.1 Å². The van der Waals surface area contributed by atoms with Crippen molar-refractivity contribution in [3.63, 3.8) is 0 Å². The molecule has 4 aromatic rings. The maximum absolute atomic E-state index is 14.6. The minimum Gasteiger partial charge on any atom is -0.367 e. The second-order valence-corrected chi connectivity index (χ2v) is 8.45. The van der Waals surface area contributed by atoms with Crippen LogP contribution in [-0.4, -0.2) is 49.1 Å². The highest BCUT2D eigenvalue weighted by molar-refractivity contribution is 5.90. The summed E-state index contributed by atoms with van der Waals surface area (Å²) >= 11 is 0. The fraction of sp³-hybridized carbons (Fsp3) is 0.364. The van der Waals surface area contributed by atoms with Crippen LogP contribution in [0.25, 0.3) is 22.3 Å². The highest BCUT2D eigenvalue weighted by atomic mass is 19.1. The molecule has 2 atom stereocenters. The molecule has 164 valence electrons. The van der Waals surface area contributed by atoms with E-state index >= 15 is 0 Å². The number of nitrogens with one attached hydrogen (secondary N) is 1. The van der Waals surface area contributed by atoms with Gasteiger partial charge in [0.1, 0.15) is 17.7 Å². The Bertz CT molecular complexity index is 1300. The number of benzene rings is 1. The first-order valence-corrected chi connectivity index (χ1v) is 10.7. The molecule has 0 bridgehead atoms. The van der Waals surface area contributed by atoms with Crippen molar-refractivity contribution in [1.29, 1.82) is 0 Å². The zero-order valence-corrected chi connectivity index (χ0v) is 17.4. The normalized spacial score (nSPS) is 21.4. The van der Waals surface area contributed by atoms with Gasteiger partial charge in [0, 0.05) is 29.9 Å². The molecule has 2 fully saturated rings. The van der Waals surface area contributed by atoms with Crippen LogP contribution in [0.1, 0.15) is 37.5 Å². The van der Waals surface area contributed by atoms with Gasteiger partial charge in [-0.15, -0.1) is 0 Å². The molecule has 1 aromatic carbocycles. The van der Waals surface area contributed by atoms with Gasteiger partial charge < -0.3 is 9.64 Å². The van der Waals surface area contributed by atoms with Crippen LogP contribution in [0.4, 0.5) is 14.7 Å². The van der Waals surface area contributed by atoms with Crippen LogP contribution in [0, 0.1) is 11.6 Å². The number of aromatic amines is 1. The van der Waals surface area contributed by atoms with E-state index in [1.54, 1.807) is 6.20 Å². The third-order valence-corrected chi connectivity index (χ3v) is 5.94. The number of rotatable bonds is 4. The van der Waals surface area contributed by atoms with Crippen LogP contribution in [0.3, 0.4) is 0 Å². The summed E-state index contributed by atoms with van der Waals surface area (Å²) in [4.78, 5) is 11.3. The average Bonchev–Trinajstić information content (AvgIpc) is 3.30. The van der Waals surface area contributed by atoms with Gasteiger partial charge in [0.25, 0.3) is 0 Å². The minimum atomic E-state index is -0.683. The van der Waals surface area contributed by atoms with Crippen LogP contribution in [-0.2, 0) is 4.74 Å². The van der Waals surface area contributed by atoms with Gasteiger partial charge >= 0.3 is 0 Å². The molecule has 8 nitrogen and oxygen atoms in total. The number of hydrogen-bond donors (Lipinski definition) is 1. The van der Waals surface area contributed by atoms with E-state index in [4.69, 9.17) is 4.74 Å². The summed E-state index contributed by atoms with van der Waals surface area (Å²) in [5, 5.41) is 11.9. The predicted octanol–water partition coefficient (Wildman–Crippen LogP) is 3.80. The molecule has 4 heterocycles. The van der Waals surface area contributed by atoms with Crippen LogP contribution in [0.2, 0.25) is 0 Å². The summed E-state index contributed by atoms with van der Waals surface area (Å²) in [6.07, 6.45) is 7.54. The first kappa shape index (κ1) is 19.3. The van der Waals surface area contributed by atoms with Gasteiger partial charge in [0.15, 0.2) is 5.65 Å². The molecule has 1 aliphatic heterocycles. The molecule has 0 spiro atoms. The minimum absolute atomic E-state index is 0.0647. The predicted molar refractivity (Wildman–Crippen MR) is 113 cm³/mol.